The van der Waals surface area contributed by atoms with Crippen molar-refractivity contribution in [1.82, 2.24) is 0 Å². The maximum Gasteiger partial charge on any atom is 0.344 e. The molecule has 17 heavy (non-hydrogen) atoms. The molecule has 1 aromatic carbocycles. The summed E-state index contributed by atoms with van der Waals surface area (Å²) in [5.41, 5.74) is 5.68. The van der Waals surface area contributed by atoms with Gasteiger partial charge in [0.15, 0.2) is 6.61 Å². The van der Waals surface area contributed by atoms with Crippen LogP contribution >= 0.6 is 15.9 Å². The lowest BCUT2D eigenvalue weighted by molar-refractivity contribution is -0.157. The first-order valence-corrected chi connectivity index (χ1v) is 5.97. The Balaban J connectivity index is 2.56. The van der Waals surface area contributed by atoms with Gasteiger partial charge in [0.25, 0.3) is 0 Å². The quantitative estimate of drug-likeness (QED) is 0.689. The van der Waals surface area contributed by atoms with E-state index in [1.54, 1.807) is 39.0 Å². The van der Waals surface area contributed by atoms with Gasteiger partial charge in [-0.15, -0.1) is 0 Å². The third kappa shape index (κ3) is 5.08. The van der Waals surface area contributed by atoms with Gasteiger partial charge < -0.3 is 15.2 Å². The van der Waals surface area contributed by atoms with Gasteiger partial charge in [0.05, 0.1) is 5.69 Å². The smallest absolute Gasteiger partial charge is 0.344 e. The Morgan fingerprint density at radius 1 is 1.41 bits per heavy atom. The van der Waals surface area contributed by atoms with E-state index in [0.29, 0.717) is 11.4 Å². The number of halogens is 1. The molecule has 94 valence electrons. The molecule has 0 aliphatic rings. The normalized spacial score (nSPS) is 11.1. The highest BCUT2D eigenvalue weighted by atomic mass is 79.9. The zero-order chi connectivity index (χ0) is 13.1. The molecular weight excluding hydrogens is 286 g/mol. The fourth-order valence-electron chi connectivity index (χ4n) is 1.14. The Hall–Kier alpha value is -1.23. The molecule has 0 aliphatic heterocycles. The van der Waals surface area contributed by atoms with Gasteiger partial charge in [-0.05, 0) is 39.0 Å². The zero-order valence-corrected chi connectivity index (χ0v) is 11.7. The van der Waals surface area contributed by atoms with Crippen molar-refractivity contribution in [3.8, 4) is 5.75 Å². The van der Waals surface area contributed by atoms with Crippen LogP contribution < -0.4 is 10.5 Å². The summed E-state index contributed by atoms with van der Waals surface area (Å²) in [6.07, 6.45) is 0. The number of nitrogens with two attached hydrogens (primary N) is 1. The molecule has 1 aromatic rings. The molecule has 2 N–H and O–H groups in total. The Labute approximate surface area is 109 Å². The molecule has 1 rings (SSSR count). The van der Waals surface area contributed by atoms with Gasteiger partial charge >= 0.3 is 5.97 Å². The van der Waals surface area contributed by atoms with E-state index in [1.807, 2.05) is 0 Å². The lowest BCUT2D eigenvalue weighted by atomic mass is 10.2. The van der Waals surface area contributed by atoms with Crippen molar-refractivity contribution < 1.29 is 14.3 Å². The van der Waals surface area contributed by atoms with Crippen molar-refractivity contribution in [3.63, 3.8) is 0 Å². The van der Waals surface area contributed by atoms with Crippen molar-refractivity contribution in [1.29, 1.82) is 0 Å². The highest BCUT2D eigenvalue weighted by Crippen LogP contribution is 2.25. The molecule has 5 heteroatoms. The standard InChI is InChI=1S/C12H16BrNO3/c1-12(2,3)17-11(15)7-16-10-6-8(13)4-5-9(10)14/h4-6H,7,14H2,1-3H3. The average Bonchev–Trinajstić information content (AvgIpc) is 2.17. The predicted molar refractivity (Wildman–Crippen MR) is 69.9 cm³/mol. The Morgan fingerprint density at radius 3 is 2.65 bits per heavy atom. The fourth-order valence-corrected chi connectivity index (χ4v) is 1.48. The highest BCUT2D eigenvalue weighted by Gasteiger charge is 2.16. The molecule has 0 heterocycles. The molecule has 0 saturated heterocycles. The second-order valence-electron chi connectivity index (χ2n) is 4.56. The second kappa shape index (κ2) is 5.40. The summed E-state index contributed by atoms with van der Waals surface area (Å²) in [5, 5.41) is 0. The summed E-state index contributed by atoms with van der Waals surface area (Å²) in [5.74, 6) is 0.0436. The number of nitrogen functional groups attached to an aromatic ring is 1. The van der Waals surface area contributed by atoms with Gasteiger partial charge in [-0.25, -0.2) is 4.79 Å². The molecule has 0 aliphatic carbocycles. The predicted octanol–water partition coefficient (Wildman–Crippen LogP) is 2.75. The number of hydrogen-bond donors (Lipinski definition) is 1. The molecular formula is C12H16BrNO3. The zero-order valence-electron chi connectivity index (χ0n) is 10.1. The van der Waals surface area contributed by atoms with Gasteiger partial charge in [0.1, 0.15) is 11.4 Å². The van der Waals surface area contributed by atoms with Crippen LogP contribution in [0.2, 0.25) is 0 Å². The molecule has 0 bridgehead atoms. The Bertz CT molecular complexity index is 413. The average molecular weight is 302 g/mol. The van der Waals surface area contributed by atoms with E-state index < -0.39 is 11.6 Å². The van der Waals surface area contributed by atoms with Gasteiger partial charge in [0.2, 0.25) is 0 Å². The topological polar surface area (TPSA) is 61.5 Å². The van der Waals surface area contributed by atoms with Crippen LogP contribution in [-0.2, 0) is 9.53 Å². The molecule has 0 aromatic heterocycles. The summed E-state index contributed by atoms with van der Waals surface area (Å²) in [7, 11) is 0. The lowest BCUT2D eigenvalue weighted by Crippen LogP contribution is -2.27. The molecule has 0 atom stereocenters. The van der Waals surface area contributed by atoms with Crippen LogP contribution in [0.15, 0.2) is 22.7 Å². The summed E-state index contributed by atoms with van der Waals surface area (Å²) in [6, 6.07) is 5.21. The van der Waals surface area contributed by atoms with Crippen molar-refractivity contribution in [2.24, 2.45) is 0 Å². The van der Waals surface area contributed by atoms with Crippen LogP contribution in [0.3, 0.4) is 0 Å². The van der Waals surface area contributed by atoms with E-state index in [1.165, 1.54) is 0 Å². The van der Waals surface area contributed by atoms with Crippen molar-refractivity contribution >= 4 is 27.6 Å². The van der Waals surface area contributed by atoms with E-state index in [-0.39, 0.29) is 6.61 Å². The van der Waals surface area contributed by atoms with Crippen molar-refractivity contribution in [2.45, 2.75) is 26.4 Å². The summed E-state index contributed by atoms with van der Waals surface area (Å²) in [4.78, 5) is 11.4. The molecule has 0 spiro atoms. The van der Waals surface area contributed by atoms with Gasteiger partial charge in [-0.2, -0.15) is 0 Å². The fraction of sp³-hybridized carbons (Fsp3) is 0.417. The van der Waals surface area contributed by atoms with E-state index >= 15 is 0 Å². The maximum atomic E-state index is 11.4. The Morgan fingerprint density at radius 2 is 2.06 bits per heavy atom. The van der Waals surface area contributed by atoms with E-state index in [0.717, 1.165) is 4.47 Å². The summed E-state index contributed by atoms with van der Waals surface area (Å²) >= 11 is 3.30. The van der Waals surface area contributed by atoms with E-state index in [9.17, 15) is 4.79 Å². The lowest BCUT2D eigenvalue weighted by Gasteiger charge is -2.19. The van der Waals surface area contributed by atoms with Crippen LogP contribution in [0, 0.1) is 0 Å². The number of hydrogen-bond acceptors (Lipinski definition) is 4. The minimum absolute atomic E-state index is 0.155. The number of carbonyl (C=O) groups is 1. The molecule has 0 radical (unpaired) electrons. The molecule has 0 fully saturated rings. The van der Waals surface area contributed by atoms with Crippen molar-refractivity contribution in [3.05, 3.63) is 22.7 Å². The number of carbonyl (C=O) groups excluding carboxylic acids is 1. The summed E-state index contributed by atoms with van der Waals surface area (Å²) < 4.78 is 11.2. The summed E-state index contributed by atoms with van der Waals surface area (Å²) in [6.45, 7) is 5.26. The van der Waals surface area contributed by atoms with Crippen LogP contribution in [0.4, 0.5) is 5.69 Å². The van der Waals surface area contributed by atoms with E-state index in [4.69, 9.17) is 15.2 Å². The number of benzene rings is 1. The minimum Gasteiger partial charge on any atom is -0.480 e. The number of ether oxygens (including phenoxy) is 2. The third-order valence-corrected chi connectivity index (χ3v) is 2.23. The second-order valence-corrected chi connectivity index (χ2v) is 5.47. The van der Waals surface area contributed by atoms with E-state index in [2.05, 4.69) is 15.9 Å². The van der Waals surface area contributed by atoms with Gasteiger partial charge in [0, 0.05) is 4.47 Å². The van der Waals surface area contributed by atoms with Gasteiger partial charge in [-0.1, -0.05) is 15.9 Å². The number of esters is 1. The molecule has 0 unspecified atom stereocenters. The van der Waals surface area contributed by atoms with Crippen LogP contribution in [0.5, 0.6) is 5.75 Å². The van der Waals surface area contributed by atoms with Crippen LogP contribution in [-0.4, -0.2) is 18.2 Å². The molecule has 0 saturated carbocycles. The Kier molecular flexibility index (Phi) is 4.40. The number of anilines is 1. The molecule has 0 amide bonds. The van der Waals surface area contributed by atoms with Crippen molar-refractivity contribution in [2.75, 3.05) is 12.3 Å². The maximum absolute atomic E-state index is 11.4. The molecule has 4 nitrogen and oxygen atoms in total. The number of rotatable bonds is 3. The van der Waals surface area contributed by atoms with Gasteiger partial charge in [-0.3, -0.25) is 0 Å². The largest absolute Gasteiger partial charge is 0.480 e. The first-order chi connectivity index (χ1) is 7.78. The highest BCUT2D eigenvalue weighted by molar-refractivity contribution is 9.10. The first-order valence-electron chi connectivity index (χ1n) is 5.17. The van der Waals surface area contributed by atoms with Crippen LogP contribution in [0.1, 0.15) is 20.8 Å². The first kappa shape index (κ1) is 13.8. The minimum atomic E-state index is -0.511. The SMILES string of the molecule is CC(C)(C)OC(=O)COc1cc(Br)ccc1N. The monoisotopic (exact) mass is 301 g/mol. The van der Waals surface area contributed by atoms with Crippen LogP contribution in [0.25, 0.3) is 0 Å². The third-order valence-electron chi connectivity index (χ3n) is 1.74.